The summed E-state index contributed by atoms with van der Waals surface area (Å²) in [6, 6.07) is 54.4. The Labute approximate surface area is 252 Å². The van der Waals surface area contributed by atoms with Crippen LogP contribution in [-0.4, -0.2) is 0 Å². The van der Waals surface area contributed by atoms with Crippen molar-refractivity contribution in [3.8, 4) is 11.1 Å². The molecule has 202 valence electrons. The van der Waals surface area contributed by atoms with Crippen LogP contribution in [0.25, 0.3) is 64.0 Å². The zero-order valence-electron chi connectivity index (χ0n) is 23.2. The molecule has 9 aromatic rings. The number of thiophene rings is 1. The molecule has 0 unspecified atom stereocenters. The zero-order chi connectivity index (χ0) is 28.3. The van der Waals surface area contributed by atoms with E-state index < -0.39 is 0 Å². The van der Waals surface area contributed by atoms with E-state index in [9.17, 15) is 0 Å². The average molecular weight is 568 g/mol. The van der Waals surface area contributed by atoms with Crippen molar-refractivity contribution in [1.29, 1.82) is 0 Å². The van der Waals surface area contributed by atoms with Gasteiger partial charge >= 0.3 is 0 Å². The van der Waals surface area contributed by atoms with Crippen molar-refractivity contribution in [3.05, 3.63) is 152 Å². The van der Waals surface area contributed by atoms with Crippen LogP contribution in [0.5, 0.6) is 0 Å². The summed E-state index contributed by atoms with van der Waals surface area (Å²) in [7, 11) is 0. The van der Waals surface area contributed by atoms with Crippen LogP contribution >= 0.6 is 11.3 Å². The standard InChI is InChI=1S/C40H25NOS/c1-2-9-30(10-3-1)41(35-13-8-16-39-40(35)33-12-5-7-15-38(33)43-39)31-21-19-26(20-22-31)27-17-18-28-25-37-34(24-29(28)23-27)32-11-4-6-14-36(32)42-37/h1-25H. The lowest BCUT2D eigenvalue weighted by Gasteiger charge is -2.26. The molecule has 0 spiro atoms. The summed E-state index contributed by atoms with van der Waals surface area (Å²) in [6.07, 6.45) is 0. The van der Waals surface area contributed by atoms with Crippen LogP contribution in [0.15, 0.2) is 156 Å². The Morgan fingerprint density at radius 2 is 1.16 bits per heavy atom. The quantitative estimate of drug-likeness (QED) is 0.210. The number of rotatable bonds is 4. The van der Waals surface area contributed by atoms with Crippen LogP contribution < -0.4 is 4.90 Å². The Morgan fingerprint density at radius 1 is 0.442 bits per heavy atom. The van der Waals surface area contributed by atoms with E-state index in [0.717, 1.165) is 33.3 Å². The van der Waals surface area contributed by atoms with Crippen molar-refractivity contribution in [1.82, 2.24) is 0 Å². The molecule has 2 aromatic heterocycles. The van der Waals surface area contributed by atoms with Crippen molar-refractivity contribution in [2.45, 2.75) is 0 Å². The minimum atomic E-state index is 0.928. The van der Waals surface area contributed by atoms with Crippen LogP contribution in [0.2, 0.25) is 0 Å². The topological polar surface area (TPSA) is 16.4 Å². The fourth-order valence-corrected chi connectivity index (χ4v) is 7.52. The number of fused-ring (bicyclic) bond motifs is 7. The lowest BCUT2D eigenvalue weighted by atomic mass is 9.99. The third-order valence-corrected chi connectivity index (χ3v) is 9.57. The van der Waals surface area contributed by atoms with E-state index in [1.54, 1.807) is 0 Å². The molecular weight excluding hydrogens is 543 g/mol. The molecule has 7 aromatic carbocycles. The van der Waals surface area contributed by atoms with Crippen LogP contribution in [0.4, 0.5) is 17.1 Å². The molecular formula is C40H25NOS. The van der Waals surface area contributed by atoms with Gasteiger partial charge in [-0.2, -0.15) is 0 Å². The molecule has 0 saturated heterocycles. The van der Waals surface area contributed by atoms with Gasteiger partial charge in [-0.3, -0.25) is 0 Å². The summed E-state index contributed by atoms with van der Waals surface area (Å²) in [5.74, 6) is 0. The molecule has 0 aliphatic rings. The Morgan fingerprint density at radius 3 is 2.05 bits per heavy atom. The van der Waals surface area contributed by atoms with Gasteiger partial charge in [-0.15, -0.1) is 11.3 Å². The first-order valence-electron chi connectivity index (χ1n) is 14.5. The molecule has 0 aliphatic heterocycles. The lowest BCUT2D eigenvalue weighted by Crippen LogP contribution is -2.10. The summed E-state index contributed by atoms with van der Waals surface area (Å²) in [4.78, 5) is 2.38. The van der Waals surface area contributed by atoms with Crippen molar-refractivity contribution >= 4 is 81.3 Å². The number of para-hydroxylation sites is 2. The van der Waals surface area contributed by atoms with Crippen molar-refractivity contribution < 1.29 is 4.42 Å². The third kappa shape index (κ3) is 3.93. The summed E-state index contributed by atoms with van der Waals surface area (Å²) in [5, 5.41) is 7.29. The Hall–Kier alpha value is -5.38. The molecule has 0 fully saturated rings. The van der Waals surface area contributed by atoms with Crippen LogP contribution in [-0.2, 0) is 0 Å². The minimum Gasteiger partial charge on any atom is -0.456 e. The predicted molar refractivity (Wildman–Crippen MR) is 184 cm³/mol. The fourth-order valence-electron chi connectivity index (χ4n) is 6.40. The highest BCUT2D eigenvalue weighted by Crippen LogP contribution is 2.45. The van der Waals surface area contributed by atoms with Crippen LogP contribution in [0, 0.1) is 0 Å². The number of nitrogens with zero attached hydrogens (tertiary/aromatic N) is 1. The average Bonchev–Trinajstić information content (AvgIpc) is 3.63. The van der Waals surface area contributed by atoms with Gasteiger partial charge in [0, 0.05) is 42.3 Å². The number of furan rings is 1. The van der Waals surface area contributed by atoms with Crippen LogP contribution in [0.3, 0.4) is 0 Å². The summed E-state index contributed by atoms with van der Waals surface area (Å²) in [5.41, 5.74) is 7.71. The van der Waals surface area contributed by atoms with Gasteiger partial charge in [0.05, 0.1) is 5.69 Å². The van der Waals surface area contributed by atoms with E-state index in [0.29, 0.717) is 0 Å². The lowest BCUT2D eigenvalue weighted by molar-refractivity contribution is 0.669. The van der Waals surface area contributed by atoms with Gasteiger partial charge in [0.15, 0.2) is 0 Å². The second kappa shape index (κ2) is 9.59. The van der Waals surface area contributed by atoms with E-state index in [-0.39, 0.29) is 0 Å². The summed E-state index contributed by atoms with van der Waals surface area (Å²) >= 11 is 1.85. The van der Waals surface area contributed by atoms with Gasteiger partial charge < -0.3 is 9.32 Å². The molecule has 3 heteroatoms. The van der Waals surface area contributed by atoms with Gasteiger partial charge in [0.1, 0.15) is 11.2 Å². The maximum atomic E-state index is 6.13. The highest BCUT2D eigenvalue weighted by molar-refractivity contribution is 7.26. The maximum absolute atomic E-state index is 6.13. The molecule has 2 nitrogen and oxygen atoms in total. The largest absolute Gasteiger partial charge is 0.456 e. The highest BCUT2D eigenvalue weighted by Gasteiger charge is 2.18. The number of hydrogen-bond donors (Lipinski definition) is 0. The predicted octanol–water partition coefficient (Wildman–Crippen LogP) is 12.2. The zero-order valence-corrected chi connectivity index (χ0v) is 24.0. The Bertz CT molecular complexity index is 2450. The second-order valence-corrected chi connectivity index (χ2v) is 12.1. The summed E-state index contributed by atoms with van der Waals surface area (Å²) in [6.45, 7) is 0. The Balaban J connectivity index is 1.16. The van der Waals surface area contributed by atoms with E-state index >= 15 is 0 Å². The van der Waals surface area contributed by atoms with Crippen LogP contribution in [0.1, 0.15) is 0 Å². The first-order chi connectivity index (χ1) is 21.3. The highest BCUT2D eigenvalue weighted by atomic mass is 32.1. The Kier molecular flexibility index (Phi) is 5.40. The molecule has 0 saturated carbocycles. The molecule has 0 radical (unpaired) electrons. The molecule has 0 aliphatic carbocycles. The van der Waals surface area contributed by atoms with E-state index in [1.807, 2.05) is 23.5 Å². The molecule has 0 N–H and O–H groups in total. The fraction of sp³-hybridized carbons (Fsp3) is 0. The minimum absolute atomic E-state index is 0.928. The van der Waals surface area contributed by atoms with Gasteiger partial charge in [0.2, 0.25) is 0 Å². The van der Waals surface area contributed by atoms with Gasteiger partial charge in [-0.1, -0.05) is 84.9 Å². The maximum Gasteiger partial charge on any atom is 0.136 e. The van der Waals surface area contributed by atoms with Gasteiger partial charge in [0.25, 0.3) is 0 Å². The van der Waals surface area contributed by atoms with E-state index in [1.165, 1.54) is 47.8 Å². The molecule has 0 atom stereocenters. The van der Waals surface area contributed by atoms with Crippen molar-refractivity contribution in [2.24, 2.45) is 0 Å². The molecule has 43 heavy (non-hydrogen) atoms. The smallest absolute Gasteiger partial charge is 0.136 e. The number of anilines is 3. The monoisotopic (exact) mass is 567 g/mol. The number of benzene rings is 7. The molecule has 0 amide bonds. The first kappa shape index (κ1) is 24.2. The number of hydrogen-bond acceptors (Lipinski definition) is 3. The molecule has 2 heterocycles. The SMILES string of the molecule is c1ccc(N(c2ccc(-c3ccc4cc5oc6ccccc6c5cc4c3)cc2)c2cccc3sc4ccccc4c23)cc1. The third-order valence-electron chi connectivity index (χ3n) is 8.43. The van der Waals surface area contributed by atoms with Gasteiger partial charge in [-0.25, -0.2) is 0 Å². The van der Waals surface area contributed by atoms with Gasteiger partial charge in [-0.05, 0) is 88.6 Å². The van der Waals surface area contributed by atoms with Crippen molar-refractivity contribution in [2.75, 3.05) is 4.90 Å². The first-order valence-corrected chi connectivity index (χ1v) is 15.3. The van der Waals surface area contributed by atoms with E-state index in [4.69, 9.17) is 4.42 Å². The normalized spacial score (nSPS) is 11.7. The molecule has 0 bridgehead atoms. The summed E-state index contributed by atoms with van der Waals surface area (Å²) < 4.78 is 8.73. The second-order valence-electron chi connectivity index (χ2n) is 11.0. The van der Waals surface area contributed by atoms with Crippen molar-refractivity contribution in [3.63, 3.8) is 0 Å². The van der Waals surface area contributed by atoms with E-state index in [2.05, 4.69) is 144 Å². The molecule has 9 rings (SSSR count).